The molecule has 1 aromatic heterocycles. The smallest absolute Gasteiger partial charge is 0.284 e. The number of hydrogen-bond donors (Lipinski definition) is 0. The highest BCUT2D eigenvalue weighted by molar-refractivity contribution is 7.08. The molecule has 1 aliphatic rings. The van der Waals surface area contributed by atoms with Crippen molar-refractivity contribution in [2.45, 2.75) is 19.0 Å². The average molecular weight is 192 g/mol. The summed E-state index contributed by atoms with van der Waals surface area (Å²) >= 11 is 1.25. The molecule has 2 rings (SSSR count). The van der Waals surface area contributed by atoms with E-state index in [2.05, 4.69) is 9.78 Å². The summed E-state index contributed by atoms with van der Waals surface area (Å²) in [4.78, 5) is 8.77. The summed E-state index contributed by atoms with van der Waals surface area (Å²) in [6.07, 6.45) is -1.77. The van der Waals surface area contributed by atoms with Crippen LogP contribution < -0.4 is 4.89 Å². The standard InChI is InChI=1S/C7H6F2O2S/c1-7(9)6(8)4-2-12-3-5(4)10-11-7/h2-3,6H,1H3. The summed E-state index contributed by atoms with van der Waals surface area (Å²) in [7, 11) is 0. The van der Waals surface area contributed by atoms with Crippen LogP contribution in [0.3, 0.4) is 0 Å². The van der Waals surface area contributed by atoms with Crippen LogP contribution >= 0.6 is 11.3 Å². The lowest BCUT2D eigenvalue weighted by Crippen LogP contribution is -2.33. The van der Waals surface area contributed by atoms with Gasteiger partial charge < -0.3 is 4.89 Å². The molecule has 0 fully saturated rings. The van der Waals surface area contributed by atoms with Gasteiger partial charge in [0, 0.05) is 23.2 Å². The minimum absolute atomic E-state index is 0.219. The van der Waals surface area contributed by atoms with Gasteiger partial charge in [0.25, 0.3) is 5.85 Å². The molecular formula is C7H6F2O2S. The molecule has 2 atom stereocenters. The number of fused-ring (bicyclic) bond motifs is 1. The molecule has 5 heteroatoms. The van der Waals surface area contributed by atoms with Crippen molar-refractivity contribution in [3.05, 3.63) is 16.3 Å². The van der Waals surface area contributed by atoms with Gasteiger partial charge in [0.1, 0.15) is 0 Å². The first-order valence-electron chi connectivity index (χ1n) is 3.36. The summed E-state index contributed by atoms with van der Waals surface area (Å²) in [6.45, 7) is 0.998. The Morgan fingerprint density at radius 1 is 1.58 bits per heavy atom. The Hall–Kier alpha value is -0.680. The zero-order valence-corrected chi connectivity index (χ0v) is 7.03. The maximum Gasteiger partial charge on any atom is 0.284 e. The van der Waals surface area contributed by atoms with E-state index in [1.54, 1.807) is 5.38 Å². The molecule has 12 heavy (non-hydrogen) atoms. The third-order valence-corrected chi connectivity index (χ3v) is 2.41. The maximum absolute atomic E-state index is 13.2. The topological polar surface area (TPSA) is 18.5 Å². The second-order valence-corrected chi connectivity index (χ2v) is 3.45. The van der Waals surface area contributed by atoms with Crippen LogP contribution in [-0.4, -0.2) is 5.85 Å². The monoisotopic (exact) mass is 192 g/mol. The van der Waals surface area contributed by atoms with Gasteiger partial charge in [-0.15, -0.1) is 16.2 Å². The third-order valence-electron chi connectivity index (χ3n) is 1.67. The Labute approximate surface area is 71.6 Å². The summed E-state index contributed by atoms with van der Waals surface area (Å²) in [6, 6.07) is 0. The van der Waals surface area contributed by atoms with Gasteiger partial charge in [-0.25, -0.2) is 8.78 Å². The Morgan fingerprint density at radius 3 is 3.08 bits per heavy atom. The second-order valence-electron chi connectivity index (χ2n) is 2.71. The van der Waals surface area contributed by atoms with Crippen LogP contribution in [-0.2, 0) is 4.89 Å². The molecule has 1 aliphatic heterocycles. The lowest BCUT2D eigenvalue weighted by Gasteiger charge is -2.27. The summed E-state index contributed by atoms with van der Waals surface area (Å²) in [5.41, 5.74) is 0.219. The normalized spacial score (nSPS) is 34.1. The van der Waals surface area contributed by atoms with Gasteiger partial charge in [0.05, 0.1) is 0 Å². The fourth-order valence-corrected chi connectivity index (χ4v) is 1.74. The van der Waals surface area contributed by atoms with E-state index >= 15 is 0 Å². The molecule has 2 nitrogen and oxygen atoms in total. The van der Waals surface area contributed by atoms with Gasteiger partial charge in [-0.2, -0.15) is 0 Å². The summed E-state index contributed by atoms with van der Waals surface area (Å²) < 4.78 is 26.3. The molecule has 0 saturated carbocycles. The minimum atomic E-state index is -2.38. The third kappa shape index (κ3) is 1.01. The van der Waals surface area contributed by atoms with Gasteiger partial charge in [-0.05, 0) is 0 Å². The van der Waals surface area contributed by atoms with Crippen molar-refractivity contribution in [1.29, 1.82) is 0 Å². The fourth-order valence-electron chi connectivity index (χ4n) is 0.994. The van der Waals surface area contributed by atoms with Crippen molar-refractivity contribution in [2.75, 3.05) is 0 Å². The molecule has 0 aliphatic carbocycles. The fraction of sp³-hybridized carbons (Fsp3) is 0.429. The molecule has 0 aromatic carbocycles. The van der Waals surface area contributed by atoms with Crippen molar-refractivity contribution in [3.63, 3.8) is 0 Å². The van der Waals surface area contributed by atoms with Crippen molar-refractivity contribution < 1.29 is 18.6 Å². The Morgan fingerprint density at radius 2 is 2.33 bits per heavy atom. The van der Waals surface area contributed by atoms with Crippen LogP contribution in [0.25, 0.3) is 0 Å². The molecule has 0 bridgehead atoms. The highest BCUT2D eigenvalue weighted by atomic mass is 32.1. The largest absolute Gasteiger partial charge is 0.333 e. The first kappa shape index (κ1) is 7.94. The number of rotatable bonds is 0. The van der Waals surface area contributed by atoms with E-state index in [0.29, 0.717) is 0 Å². The van der Waals surface area contributed by atoms with Crippen LogP contribution in [0.15, 0.2) is 10.8 Å². The zero-order chi connectivity index (χ0) is 8.77. The Balaban J connectivity index is 2.42. The molecule has 66 valence electrons. The van der Waals surface area contributed by atoms with Crippen molar-refractivity contribution in [2.24, 2.45) is 0 Å². The predicted octanol–water partition coefficient (Wildman–Crippen LogP) is 2.77. The van der Waals surface area contributed by atoms with E-state index in [4.69, 9.17) is 0 Å². The van der Waals surface area contributed by atoms with Gasteiger partial charge in [0.15, 0.2) is 11.9 Å². The summed E-state index contributed by atoms with van der Waals surface area (Å²) in [5.74, 6) is -2.11. The zero-order valence-electron chi connectivity index (χ0n) is 6.21. The second kappa shape index (κ2) is 2.40. The van der Waals surface area contributed by atoms with E-state index in [9.17, 15) is 8.78 Å². The lowest BCUT2D eigenvalue weighted by atomic mass is 10.1. The highest BCUT2D eigenvalue weighted by Crippen LogP contribution is 2.44. The predicted molar refractivity (Wildman–Crippen MR) is 39.4 cm³/mol. The molecule has 2 unspecified atom stereocenters. The lowest BCUT2D eigenvalue weighted by molar-refractivity contribution is -0.362. The van der Waals surface area contributed by atoms with E-state index in [-0.39, 0.29) is 11.3 Å². The maximum atomic E-state index is 13.2. The molecule has 0 N–H and O–H groups in total. The van der Waals surface area contributed by atoms with Crippen LogP contribution in [0.5, 0.6) is 5.75 Å². The number of alkyl halides is 2. The van der Waals surface area contributed by atoms with E-state index in [1.165, 1.54) is 16.7 Å². The number of thiophene rings is 1. The van der Waals surface area contributed by atoms with Gasteiger partial charge in [-0.1, -0.05) is 0 Å². The number of halogens is 2. The van der Waals surface area contributed by atoms with Gasteiger partial charge in [-0.3, -0.25) is 0 Å². The first-order chi connectivity index (χ1) is 5.61. The van der Waals surface area contributed by atoms with Crippen molar-refractivity contribution >= 4 is 11.3 Å². The van der Waals surface area contributed by atoms with Crippen molar-refractivity contribution in [1.82, 2.24) is 0 Å². The average Bonchev–Trinajstić information content (AvgIpc) is 2.45. The quantitative estimate of drug-likeness (QED) is 0.588. The van der Waals surface area contributed by atoms with E-state index in [1.807, 2.05) is 0 Å². The van der Waals surface area contributed by atoms with Crippen molar-refractivity contribution in [3.8, 4) is 5.75 Å². The van der Waals surface area contributed by atoms with Gasteiger partial charge >= 0.3 is 0 Å². The summed E-state index contributed by atoms with van der Waals surface area (Å²) in [5, 5.41) is 3.08. The first-order valence-corrected chi connectivity index (χ1v) is 4.30. The molecule has 0 amide bonds. The number of hydrogen-bond acceptors (Lipinski definition) is 3. The molecular weight excluding hydrogens is 186 g/mol. The van der Waals surface area contributed by atoms with E-state index < -0.39 is 12.0 Å². The SMILES string of the molecule is CC1(F)OOc2cscc2C1F. The van der Waals surface area contributed by atoms with Crippen LogP contribution in [0.4, 0.5) is 8.78 Å². The van der Waals surface area contributed by atoms with Crippen LogP contribution in [0, 0.1) is 0 Å². The Bertz CT molecular complexity index is 297. The Kier molecular flexibility index (Phi) is 1.59. The molecule has 0 saturated heterocycles. The van der Waals surface area contributed by atoms with Gasteiger partial charge in [0.2, 0.25) is 0 Å². The molecule has 0 radical (unpaired) electrons. The highest BCUT2D eigenvalue weighted by Gasteiger charge is 2.45. The molecule has 1 aromatic rings. The minimum Gasteiger partial charge on any atom is -0.333 e. The van der Waals surface area contributed by atoms with E-state index in [0.717, 1.165) is 6.92 Å². The molecule has 0 spiro atoms. The molecule has 2 heterocycles. The van der Waals surface area contributed by atoms with Crippen LogP contribution in [0.1, 0.15) is 18.7 Å². The van der Waals surface area contributed by atoms with Crippen LogP contribution in [0.2, 0.25) is 0 Å².